The highest BCUT2D eigenvalue weighted by molar-refractivity contribution is 6.09. The standard InChI is InChI=1S/C29H26O5/c1-19(30)23-5-4-8-28(18-23)34-27-15-11-22(12-16-27)29(32)21-9-13-26(14-10-21)33-20(2)24-6-3-7-25(31)17-24/h3-20,30-31H,1-2H3. The molecule has 0 radical (unpaired) electrons. The van der Waals surface area contributed by atoms with Crippen LogP contribution in [-0.4, -0.2) is 16.0 Å². The summed E-state index contributed by atoms with van der Waals surface area (Å²) >= 11 is 0. The van der Waals surface area contributed by atoms with E-state index in [1.54, 1.807) is 79.7 Å². The van der Waals surface area contributed by atoms with Gasteiger partial charge in [-0.3, -0.25) is 4.79 Å². The summed E-state index contributed by atoms with van der Waals surface area (Å²) in [4.78, 5) is 12.9. The van der Waals surface area contributed by atoms with Gasteiger partial charge in [-0.25, -0.2) is 0 Å². The van der Waals surface area contributed by atoms with Crippen molar-refractivity contribution < 1.29 is 24.5 Å². The first-order valence-corrected chi connectivity index (χ1v) is 11.1. The maximum Gasteiger partial charge on any atom is 0.193 e. The number of carbonyl (C=O) groups excluding carboxylic acids is 1. The molecule has 34 heavy (non-hydrogen) atoms. The third kappa shape index (κ3) is 5.63. The molecule has 4 aromatic rings. The number of aliphatic hydroxyl groups is 1. The van der Waals surface area contributed by atoms with Gasteiger partial charge < -0.3 is 19.7 Å². The Balaban J connectivity index is 1.40. The van der Waals surface area contributed by atoms with Crippen molar-refractivity contribution in [3.8, 4) is 23.0 Å². The predicted octanol–water partition coefficient (Wildman–Crippen LogP) is 6.61. The number of aliphatic hydroxyl groups excluding tert-OH is 1. The normalized spacial score (nSPS) is 12.6. The average Bonchev–Trinajstić information content (AvgIpc) is 2.85. The molecule has 2 atom stereocenters. The zero-order valence-electron chi connectivity index (χ0n) is 19.0. The number of hydrogen-bond acceptors (Lipinski definition) is 5. The molecule has 0 aromatic heterocycles. The number of carbonyl (C=O) groups is 1. The van der Waals surface area contributed by atoms with E-state index < -0.39 is 6.10 Å². The summed E-state index contributed by atoms with van der Waals surface area (Å²) in [5, 5.41) is 19.4. The van der Waals surface area contributed by atoms with E-state index in [2.05, 4.69) is 0 Å². The molecule has 0 saturated carbocycles. The Kier molecular flexibility index (Phi) is 6.95. The third-order valence-corrected chi connectivity index (χ3v) is 5.46. The van der Waals surface area contributed by atoms with Crippen LogP contribution in [0.5, 0.6) is 23.0 Å². The fraction of sp³-hybridized carbons (Fsp3) is 0.138. The molecule has 0 aliphatic carbocycles. The van der Waals surface area contributed by atoms with E-state index in [1.807, 2.05) is 31.2 Å². The van der Waals surface area contributed by atoms with E-state index >= 15 is 0 Å². The van der Waals surface area contributed by atoms with Crippen LogP contribution in [0.2, 0.25) is 0 Å². The molecule has 2 N–H and O–H groups in total. The predicted molar refractivity (Wildman–Crippen MR) is 131 cm³/mol. The Morgan fingerprint density at radius 3 is 1.91 bits per heavy atom. The van der Waals surface area contributed by atoms with E-state index in [0.29, 0.717) is 28.4 Å². The Bertz CT molecular complexity index is 1260. The SMILES string of the molecule is CC(O)c1cccc(Oc2ccc(C(=O)c3ccc(OC(C)c4cccc(O)c4)cc3)cc2)c1. The lowest BCUT2D eigenvalue weighted by Gasteiger charge is -2.15. The molecular formula is C29H26O5. The number of phenolic OH excluding ortho intramolecular Hbond substituents is 1. The zero-order valence-corrected chi connectivity index (χ0v) is 19.0. The topological polar surface area (TPSA) is 76.0 Å². The van der Waals surface area contributed by atoms with Crippen LogP contribution < -0.4 is 9.47 Å². The first-order valence-electron chi connectivity index (χ1n) is 11.1. The van der Waals surface area contributed by atoms with Gasteiger partial charge in [0.1, 0.15) is 29.1 Å². The highest BCUT2D eigenvalue weighted by Gasteiger charge is 2.12. The molecule has 0 aliphatic rings. The molecular weight excluding hydrogens is 428 g/mol. The van der Waals surface area contributed by atoms with Crippen LogP contribution in [0.3, 0.4) is 0 Å². The molecule has 4 rings (SSSR count). The number of phenols is 1. The van der Waals surface area contributed by atoms with Crippen LogP contribution in [0, 0.1) is 0 Å². The number of aromatic hydroxyl groups is 1. The largest absolute Gasteiger partial charge is 0.508 e. The van der Waals surface area contributed by atoms with Gasteiger partial charge in [0.2, 0.25) is 0 Å². The van der Waals surface area contributed by atoms with Crippen LogP contribution in [-0.2, 0) is 0 Å². The average molecular weight is 455 g/mol. The Labute approximate surface area is 198 Å². The molecule has 0 aliphatic heterocycles. The fourth-order valence-corrected chi connectivity index (χ4v) is 3.55. The van der Waals surface area contributed by atoms with E-state index in [9.17, 15) is 15.0 Å². The van der Waals surface area contributed by atoms with Gasteiger partial charge in [-0.1, -0.05) is 24.3 Å². The van der Waals surface area contributed by atoms with Crippen molar-refractivity contribution in [3.63, 3.8) is 0 Å². The van der Waals surface area contributed by atoms with Crippen molar-refractivity contribution in [2.24, 2.45) is 0 Å². The summed E-state index contributed by atoms with van der Waals surface area (Å²) in [5.74, 6) is 1.95. The van der Waals surface area contributed by atoms with Crippen LogP contribution in [0.1, 0.15) is 53.1 Å². The van der Waals surface area contributed by atoms with Crippen LogP contribution in [0.15, 0.2) is 97.1 Å². The molecule has 5 heteroatoms. The highest BCUT2D eigenvalue weighted by atomic mass is 16.5. The van der Waals surface area contributed by atoms with Gasteiger partial charge in [0.05, 0.1) is 6.10 Å². The lowest BCUT2D eigenvalue weighted by atomic mass is 10.0. The lowest BCUT2D eigenvalue weighted by molar-refractivity contribution is 0.103. The minimum absolute atomic E-state index is 0.102. The molecule has 0 heterocycles. The minimum atomic E-state index is -0.574. The second-order valence-corrected chi connectivity index (χ2v) is 8.08. The monoisotopic (exact) mass is 454 g/mol. The number of rotatable bonds is 8. The first-order chi connectivity index (χ1) is 16.4. The van der Waals surface area contributed by atoms with Crippen molar-refractivity contribution >= 4 is 5.78 Å². The maximum absolute atomic E-state index is 12.9. The Morgan fingerprint density at radius 2 is 1.29 bits per heavy atom. The summed E-state index contributed by atoms with van der Waals surface area (Å²) in [6.07, 6.45) is -0.822. The van der Waals surface area contributed by atoms with E-state index in [0.717, 1.165) is 11.1 Å². The number of hydrogen-bond donors (Lipinski definition) is 2. The van der Waals surface area contributed by atoms with E-state index in [-0.39, 0.29) is 17.6 Å². The highest BCUT2D eigenvalue weighted by Crippen LogP contribution is 2.27. The first kappa shape index (κ1) is 23.1. The van der Waals surface area contributed by atoms with Gasteiger partial charge in [0.25, 0.3) is 0 Å². The number of ether oxygens (including phenoxy) is 2. The van der Waals surface area contributed by atoms with Gasteiger partial charge in [0.15, 0.2) is 5.78 Å². The number of ketones is 1. The van der Waals surface area contributed by atoms with E-state index in [4.69, 9.17) is 9.47 Å². The second-order valence-electron chi connectivity index (χ2n) is 8.08. The molecule has 0 bridgehead atoms. The maximum atomic E-state index is 12.9. The molecule has 0 fully saturated rings. The summed E-state index contributed by atoms with van der Waals surface area (Å²) in [7, 11) is 0. The van der Waals surface area contributed by atoms with Gasteiger partial charge >= 0.3 is 0 Å². The van der Waals surface area contributed by atoms with Crippen LogP contribution in [0.25, 0.3) is 0 Å². The summed E-state index contributed by atoms with van der Waals surface area (Å²) in [6, 6.07) is 28.2. The van der Waals surface area contributed by atoms with Crippen molar-refractivity contribution in [1.82, 2.24) is 0 Å². The van der Waals surface area contributed by atoms with Crippen molar-refractivity contribution in [2.45, 2.75) is 26.1 Å². The summed E-state index contributed by atoms with van der Waals surface area (Å²) in [5.41, 5.74) is 2.73. The summed E-state index contributed by atoms with van der Waals surface area (Å²) in [6.45, 7) is 3.60. The van der Waals surface area contributed by atoms with Crippen molar-refractivity contribution in [2.75, 3.05) is 0 Å². The Morgan fingerprint density at radius 1 is 0.706 bits per heavy atom. The number of benzene rings is 4. The van der Waals surface area contributed by atoms with E-state index in [1.165, 1.54) is 0 Å². The summed E-state index contributed by atoms with van der Waals surface area (Å²) < 4.78 is 11.8. The van der Waals surface area contributed by atoms with Crippen LogP contribution in [0.4, 0.5) is 0 Å². The van der Waals surface area contributed by atoms with Gasteiger partial charge in [-0.15, -0.1) is 0 Å². The van der Waals surface area contributed by atoms with Crippen LogP contribution >= 0.6 is 0 Å². The molecule has 0 amide bonds. The molecule has 5 nitrogen and oxygen atoms in total. The van der Waals surface area contributed by atoms with Gasteiger partial charge in [0, 0.05) is 11.1 Å². The Hall–Kier alpha value is -4.09. The lowest BCUT2D eigenvalue weighted by Crippen LogP contribution is -2.04. The zero-order chi connectivity index (χ0) is 24.1. The van der Waals surface area contributed by atoms with Crippen molar-refractivity contribution in [3.05, 3.63) is 119 Å². The van der Waals surface area contributed by atoms with Gasteiger partial charge in [-0.2, -0.15) is 0 Å². The molecule has 4 aromatic carbocycles. The third-order valence-electron chi connectivity index (χ3n) is 5.46. The van der Waals surface area contributed by atoms with Crippen molar-refractivity contribution in [1.29, 1.82) is 0 Å². The molecule has 0 saturated heterocycles. The smallest absolute Gasteiger partial charge is 0.193 e. The van der Waals surface area contributed by atoms with Gasteiger partial charge in [-0.05, 0) is 97.8 Å². The molecule has 0 spiro atoms. The quantitative estimate of drug-likeness (QED) is 0.293. The second kappa shape index (κ2) is 10.2. The fourth-order valence-electron chi connectivity index (χ4n) is 3.55. The molecule has 172 valence electrons. The minimum Gasteiger partial charge on any atom is -0.508 e. The molecule has 2 unspecified atom stereocenters.